The van der Waals surface area contributed by atoms with Crippen molar-refractivity contribution in [2.75, 3.05) is 6.54 Å². The van der Waals surface area contributed by atoms with Crippen LogP contribution >= 0.6 is 0 Å². The minimum Gasteiger partial charge on any atom is -0.334 e. The van der Waals surface area contributed by atoms with Crippen LogP contribution in [0.2, 0.25) is 0 Å². The standard InChI is InChI=1S/C17H22N6O/c1-12(2)8-23(10-13-6-20-22(4)9-13)17(24)14-5-15-16(18-7-14)21(3)11-19-15/h5-7,9,11-12H,8,10H2,1-4H3. The van der Waals surface area contributed by atoms with E-state index in [9.17, 15) is 4.79 Å². The number of fused-ring (bicyclic) bond motifs is 1. The van der Waals surface area contributed by atoms with Crippen LogP contribution in [-0.4, -0.2) is 41.7 Å². The van der Waals surface area contributed by atoms with Gasteiger partial charge < -0.3 is 9.47 Å². The minimum absolute atomic E-state index is 0.0346. The summed E-state index contributed by atoms with van der Waals surface area (Å²) in [5, 5.41) is 4.18. The molecule has 3 aromatic heterocycles. The van der Waals surface area contributed by atoms with E-state index < -0.39 is 0 Å². The number of amides is 1. The molecule has 0 aromatic carbocycles. The fraction of sp³-hybridized carbons (Fsp3) is 0.412. The highest BCUT2D eigenvalue weighted by Crippen LogP contribution is 2.15. The molecule has 0 radical (unpaired) electrons. The summed E-state index contributed by atoms with van der Waals surface area (Å²) in [6.45, 7) is 5.41. The van der Waals surface area contributed by atoms with Crippen molar-refractivity contribution in [3.63, 3.8) is 0 Å². The second-order valence-electron chi connectivity index (χ2n) is 6.52. The lowest BCUT2D eigenvalue weighted by atomic mass is 10.1. The molecular weight excluding hydrogens is 304 g/mol. The number of aryl methyl sites for hydroxylation is 2. The maximum Gasteiger partial charge on any atom is 0.255 e. The molecule has 0 bridgehead atoms. The Labute approximate surface area is 140 Å². The second kappa shape index (κ2) is 6.43. The van der Waals surface area contributed by atoms with E-state index in [2.05, 4.69) is 28.9 Å². The van der Waals surface area contributed by atoms with Crippen LogP contribution in [0.5, 0.6) is 0 Å². The van der Waals surface area contributed by atoms with E-state index in [-0.39, 0.29) is 5.91 Å². The predicted octanol–water partition coefficient (Wildman–Crippen LogP) is 2.00. The van der Waals surface area contributed by atoms with E-state index in [1.54, 1.807) is 29.5 Å². The lowest BCUT2D eigenvalue weighted by Crippen LogP contribution is -2.33. The molecule has 0 saturated carbocycles. The maximum atomic E-state index is 13.0. The SMILES string of the molecule is CC(C)CN(Cc1cnn(C)c1)C(=O)c1cnc2c(c1)ncn2C. The van der Waals surface area contributed by atoms with Gasteiger partial charge >= 0.3 is 0 Å². The molecule has 0 unspecified atom stereocenters. The smallest absolute Gasteiger partial charge is 0.255 e. The van der Waals surface area contributed by atoms with Gasteiger partial charge in [-0.3, -0.25) is 9.48 Å². The fourth-order valence-corrected chi connectivity index (χ4v) is 2.75. The van der Waals surface area contributed by atoms with Gasteiger partial charge in [0.05, 0.1) is 18.1 Å². The third kappa shape index (κ3) is 3.29. The number of rotatable bonds is 5. The molecular formula is C17H22N6O. The van der Waals surface area contributed by atoms with Gasteiger partial charge in [-0.05, 0) is 12.0 Å². The Kier molecular flexibility index (Phi) is 4.33. The van der Waals surface area contributed by atoms with Crippen LogP contribution in [0.15, 0.2) is 31.0 Å². The number of carbonyl (C=O) groups excluding carboxylic acids is 1. The van der Waals surface area contributed by atoms with Crippen LogP contribution in [-0.2, 0) is 20.6 Å². The summed E-state index contributed by atoms with van der Waals surface area (Å²) in [5.74, 6) is 0.338. The molecule has 0 N–H and O–H groups in total. The van der Waals surface area contributed by atoms with Gasteiger partial charge in [-0.2, -0.15) is 5.10 Å². The van der Waals surface area contributed by atoms with Gasteiger partial charge in [0.25, 0.3) is 5.91 Å². The third-order valence-electron chi connectivity index (χ3n) is 3.80. The Morgan fingerprint density at radius 2 is 2.04 bits per heavy atom. The number of hydrogen-bond acceptors (Lipinski definition) is 4. The number of nitrogens with zero attached hydrogens (tertiary/aromatic N) is 6. The summed E-state index contributed by atoms with van der Waals surface area (Å²) in [7, 11) is 3.76. The zero-order chi connectivity index (χ0) is 17.3. The van der Waals surface area contributed by atoms with Crippen molar-refractivity contribution in [1.82, 2.24) is 29.2 Å². The summed E-state index contributed by atoms with van der Waals surface area (Å²) >= 11 is 0. The Bertz CT molecular complexity index is 863. The molecule has 126 valence electrons. The van der Waals surface area contributed by atoms with Crippen molar-refractivity contribution in [2.24, 2.45) is 20.0 Å². The van der Waals surface area contributed by atoms with E-state index in [1.165, 1.54) is 0 Å². The fourth-order valence-electron chi connectivity index (χ4n) is 2.75. The molecule has 0 spiro atoms. The molecule has 0 fully saturated rings. The quantitative estimate of drug-likeness (QED) is 0.719. The lowest BCUT2D eigenvalue weighted by molar-refractivity contribution is 0.0722. The number of pyridine rings is 1. The molecule has 7 nitrogen and oxygen atoms in total. The summed E-state index contributed by atoms with van der Waals surface area (Å²) in [6.07, 6.45) is 7.05. The average Bonchev–Trinajstić information content (AvgIpc) is 3.11. The average molecular weight is 326 g/mol. The van der Waals surface area contributed by atoms with Gasteiger partial charge in [0.1, 0.15) is 5.52 Å². The van der Waals surface area contributed by atoms with Crippen LogP contribution in [0.1, 0.15) is 29.8 Å². The molecule has 0 aliphatic rings. The van der Waals surface area contributed by atoms with Gasteiger partial charge in [-0.15, -0.1) is 0 Å². The lowest BCUT2D eigenvalue weighted by Gasteiger charge is -2.24. The van der Waals surface area contributed by atoms with Crippen LogP contribution in [0.3, 0.4) is 0 Å². The Morgan fingerprint density at radius 1 is 1.25 bits per heavy atom. The number of hydrogen-bond donors (Lipinski definition) is 0. The molecule has 7 heteroatoms. The van der Waals surface area contributed by atoms with Crippen LogP contribution in [0, 0.1) is 5.92 Å². The van der Waals surface area contributed by atoms with Crippen molar-refractivity contribution in [3.8, 4) is 0 Å². The molecule has 0 saturated heterocycles. The van der Waals surface area contributed by atoms with Crippen molar-refractivity contribution >= 4 is 17.1 Å². The summed E-state index contributed by atoms with van der Waals surface area (Å²) in [4.78, 5) is 23.5. The molecule has 3 rings (SSSR count). The number of imidazole rings is 1. The predicted molar refractivity (Wildman–Crippen MR) is 91.3 cm³/mol. The van der Waals surface area contributed by atoms with Gasteiger partial charge in [-0.1, -0.05) is 13.8 Å². The highest BCUT2D eigenvalue weighted by Gasteiger charge is 2.19. The topological polar surface area (TPSA) is 68.8 Å². The molecule has 24 heavy (non-hydrogen) atoms. The first-order valence-electron chi connectivity index (χ1n) is 7.98. The second-order valence-corrected chi connectivity index (χ2v) is 6.52. The summed E-state index contributed by atoms with van der Waals surface area (Å²) in [5.41, 5.74) is 3.08. The van der Waals surface area contributed by atoms with Gasteiger partial charge in [0.15, 0.2) is 5.65 Å². The first kappa shape index (κ1) is 16.2. The van der Waals surface area contributed by atoms with Crippen molar-refractivity contribution < 1.29 is 4.79 Å². The largest absolute Gasteiger partial charge is 0.334 e. The summed E-state index contributed by atoms with van der Waals surface area (Å²) < 4.78 is 3.58. The van der Waals surface area contributed by atoms with E-state index in [4.69, 9.17) is 0 Å². The first-order valence-corrected chi connectivity index (χ1v) is 7.98. The van der Waals surface area contributed by atoms with E-state index in [0.717, 1.165) is 16.7 Å². The monoisotopic (exact) mass is 326 g/mol. The normalized spacial score (nSPS) is 11.4. The Hall–Kier alpha value is -2.70. The first-order chi connectivity index (χ1) is 11.4. The molecule has 0 atom stereocenters. The molecule has 3 aromatic rings. The van der Waals surface area contributed by atoms with Gasteiger partial charge in [0, 0.05) is 45.1 Å². The summed E-state index contributed by atoms with van der Waals surface area (Å²) in [6, 6.07) is 1.81. The molecule has 1 amide bonds. The van der Waals surface area contributed by atoms with Gasteiger partial charge in [0.2, 0.25) is 0 Å². The van der Waals surface area contributed by atoms with Crippen LogP contribution in [0.25, 0.3) is 11.2 Å². The third-order valence-corrected chi connectivity index (χ3v) is 3.80. The molecule has 0 aliphatic heterocycles. The van der Waals surface area contributed by atoms with Gasteiger partial charge in [-0.25, -0.2) is 9.97 Å². The van der Waals surface area contributed by atoms with Crippen molar-refractivity contribution in [3.05, 3.63) is 42.1 Å². The Morgan fingerprint density at radius 3 is 2.71 bits per heavy atom. The van der Waals surface area contributed by atoms with Crippen molar-refractivity contribution in [2.45, 2.75) is 20.4 Å². The molecule has 0 aliphatic carbocycles. The van der Waals surface area contributed by atoms with E-state index >= 15 is 0 Å². The van der Waals surface area contributed by atoms with Crippen molar-refractivity contribution in [1.29, 1.82) is 0 Å². The maximum absolute atomic E-state index is 13.0. The Balaban J connectivity index is 1.88. The van der Waals surface area contributed by atoms with E-state index in [1.807, 2.05) is 29.8 Å². The van der Waals surface area contributed by atoms with E-state index in [0.29, 0.717) is 24.6 Å². The molecule has 3 heterocycles. The number of aromatic nitrogens is 5. The van der Waals surface area contributed by atoms with Crippen LogP contribution < -0.4 is 0 Å². The number of carbonyl (C=O) groups is 1. The minimum atomic E-state index is -0.0346. The zero-order valence-electron chi connectivity index (χ0n) is 14.5. The highest BCUT2D eigenvalue weighted by atomic mass is 16.2. The van der Waals surface area contributed by atoms with Crippen LogP contribution in [0.4, 0.5) is 0 Å². The zero-order valence-corrected chi connectivity index (χ0v) is 14.5. The highest BCUT2D eigenvalue weighted by molar-refractivity contribution is 5.96.